The van der Waals surface area contributed by atoms with E-state index in [9.17, 15) is 4.79 Å². The SMILES string of the molecule is COc1ccccc1NC(=O)[C@H]1[C@@H](C)Nc2ncnn2[C@H]1c1cccnc1. The molecule has 0 spiro atoms. The van der Waals surface area contributed by atoms with Crippen LogP contribution in [-0.4, -0.2) is 38.8 Å². The number of carbonyl (C=O) groups excluding carboxylic acids is 1. The largest absolute Gasteiger partial charge is 0.495 e. The molecule has 0 saturated carbocycles. The number of hydrogen-bond acceptors (Lipinski definition) is 6. The fourth-order valence-electron chi connectivity index (χ4n) is 3.51. The van der Waals surface area contributed by atoms with Crippen LogP contribution < -0.4 is 15.4 Å². The number of rotatable bonds is 4. The molecule has 0 fully saturated rings. The van der Waals surface area contributed by atoms with E-state index in [1.165, 1.54) is 6.33 Å². The van der Waals surface area contributed by atoms with Crippen molar-refractivity contribution in [2.45, 2.75) is 19.0 Å². The van der Waals surface area contributed by atoms with E-state index < -0.39 is 5.92 Å². The number of hydrogen-bond donors (Lipinski definition) is 2. The Morgan fingerprint density at radius 1 is 1.26 bits per heavy atom. The topological polar surface area (TPSA) is 94.0 Å². The minimum Gasteiger partial charge on any atom is -0.495 e. The second-order valence-corrected chi connectivity index (χ2v) is 6.41. The Bertz CT molecular complexity index is 942. The number of anilines is 2. The van der Waals surface area contributed by atoms with Gasteiger partial charge in [0.2, 0.25) is 11.9 Å². The highest BCUT2D eigenvalue weighted by molar-refractivity contribution is 5.95. The molecule has 1 amide bonds. The molecule has 3 atom stereocenters. The normalized spacial score (nSPS) is 21.0. The van der Waals surface area contributed by atoms with Crippen LogP contribution in [0.3, 0.4) is 0 Å². The standard InChI is InChI=1S/C19H20N6O2/c1-12-16(18(26)24-14-7-3-4-8-15(14)27-2)17(13-6-5-9-20-10-13)25-19(23-12)21-11-22-25/h3-12,16-17H,1-2H3,(H,24,26)(H,21,22,23)/t12-,16+,17+/m1/s1. The Balaban J connectivity index is 1.72. The summed E-state index contributed by atoms with van der Waals surface area (Å²) in [5.74, 6) is 0.696. The zero-order valence-electron chi connectivity index (χ0n) is 15.0. The number of aromatic nitrogens is 4. The number of nitrogens with one attached hydrogen (secondary N) is 2. The number of methoxy groups -OCH3 is 1. The van der Waals surface area contributed by atoms with Crippen molar-refractivity contribution in [1.82, 2.24) is 19.7 Å². The quantitative estimate of drug-likeness (QED) is 0.738. The first-order valence-corrected chi connectivity index (χ1v) is 8.69. The first-order valence-electron chi connectivity index (χ1n) is 8.69. The lowest BCUT2D eigenvalue weighted by Gasteiger charge is -2.36. The summed E-state index contributed by atoms with van der Waals surface area (Å²) in [6.45, 7) is 1.97. The summed E-state index contributed by atoms with van der Waals surface area (Å²) >= 11 is 0. The molecule has 1 aliphatic rings. The van der Waals surface area contributed by atoms with Gasteiger partial charge < -0.3 is 15.4 Å². The maximum Gasteiger partial charge on any atom is 0.232 e. The highest BCUT2D eigenvalue weighted by Gasteiger charge is 2.41. The van der Waals surface area contributed by atoms with Crippen LogP contribution in [0.1, 0.15) is 18.5 Å². The van der Waals surface area contributed by atoms with E-state index in [0.717, 1.165) is 5.56 Å². The Morgan fingerprint density at radius 2 is 2.11 bits per heavy atom. The van der Waals surface area contributed by atoms with Crippen molar-refractivity contribution in [2.75, 3.05) is 17.7 Å². The molecule has 0 unspecified atom stereocenters. The van der Waals surface area contributed by atoms with Gasteiger partial charge in [-0.25, -0.2) is 4.68 Å². The van der Waals surface area contributed by atoms with Gasteiger partial charge in [-0.3, -0.25) is 9.78 Å². The lowest BCUT2D eigenvalue weighted by molar-refractivity contribution is -0.121. The highest BCUT2D eigenvalue weighted by atomic mass is 16.5. The zero-order chi connectivity index (χ0) is 18.8. The van der Waals surface area contributed by atoms with E-state index >= 15 is 0 Å². The Morgan fingerprint density at radius 3 is 2.89 bits per heavy atom. The summed E-state index contributed by atoms with van der Waals surface area (Å²) < 4.78 is 7.09. The van der Waals surface area contributed by atoms with Crippen LogP contribution >= 0.6 is 0 Å². The number of carbonyl (C=O) groups is 1. The molecule has 1 aromatic carbocycles. The van der Waals surface area contributed by atoms with Crippen LogP contribution in [0.25, 0.3) is 0 Å². The summed E-state index contributed by atoms with van der Waals surface area (Å²) in [4.78, 5) is 21.7. The van der Waals surface area contributed by atoms with Gasteiger partial charge in [0.15, 0.2) is 0 Å². The summed E-state index contributed by atoms with van der Waals surface area (Å²) in [6, 6.07) is 10.7. The molecule has 1 aliphatic heterocycles. The van der Waals surface area contributed by atoms with E-state index in [4.69, 9.17) is 4.74 Å². The molecule has 8 heteroatoms. The summed E-state index contributed by atoms with van der Waals surface area (Å²) in [7, 11) is 1.58. The molecule has 4 rings (SSSR count). The van der Waals surface area contributed by atoms with Crippen LogP contribution in [-0.2, 0) is 4.79 Å². The van der Waals surface area contributed by atoms with Crippen LogP contribution in [0.4, 0.5) is 11.6 Å². The summed E-state index contributed by atoms with van der Waals surface area (Å²) in [5.41, 5.74) is 1.53. The second kappa shape index (κ2) is 7.06. The summed E-state index contributed by atoms with van der Waals surface area (Å²) in [6.07, 6.45) is 4.96. The lowest BCUT2D eigenvalue weighted by Crippen LogP contribution is -2.46. The first kappa shape index (κ1) is 17.0. The molecule has 0 saturated heterocycles. The monoisotopic (exact) mass is 364 g/mol. The fourth-order valence-corrected chi connectivity index (χ4v) is 3.51. The van der Waals surface area contributed by atoms with Gasteiger partial charge in [0, 0.05) is 18.4 Å². The Labute approximate surface area is 156 Å². The van der Waals surface area contributed by atoms with Crippen molar-refractivity contribution in [3.05, 3.63) is 60.7 Å². The van der Waals surface area contributed by atoms with E-state index in [1.54, 1.807) is 24.2 Å². The first-order chi connectivity index (χ1) is 13.2. The van der Waals surface area contributed by atoms with Gasteiger partial charge in [-0.2, -0.15) is 10.1 Å². The number of para-hydroxylation sites is 2. The molecule has 2 N–H and O–H groups in total. The Kier molecular flexibility index (Phi) is 4.45. The number of amides is 1. The molecule has 8 nitrogen and oxygen atoms in total. The molecule has 0 aliphatic carbocycles. The van der Waals surface area contributed by atoms with Gasteiger partial charge in [-0.15, -0.1) is 0 Å². The average Bonchev–Trinajstić information content (AvgIpc) is 3.15. The molecule has 0 bridgehead atoms. The molecule has 138 valence electrons. The molecule has 3 heterocycles. The summed E-state index contributed by atoms with van der Waals surface area (Å²) in [5, 5.41) is 10.6. The average molecular weight is 364 g/mol. The van der Waals surface area contributed by atoms with Crippen molar-refractivity contribution in [3.8, 4) is 5.75 Å². The van der Waals surface area contributed by atoms with Crippen LogP contribution in [0.15, 0.2) is 55.1 Å². The molecule has 3 aromatic rings. The van der Waals surface area contributed by atoms with Gasteiger partial charge >= 0.3 is 0 Å². The number of pyridine rings is 1. The molecule has 2 aromatic heterocycles. The van der Waals surface area contributed by atoms with Gasteiger partial charge in [-0.05, 0) is 30.7 Å². The highest BCUT2D eigenvalue weighted by Crippen LogP contribution is 2.36. The number of nitrogens with zero attached hydrogens (tertiary/aromatic N) is 4. The fraction of sp³-hybridized carbons (Fsp3) is 0.263. The number of ether oxygens (including phenoxy) is 1. The van der Waals surface area contributed by atoms with E-state index in [2.05, 4.69) is 25.7 Å². The lowest BCUT2D eigenvalue weighted by atomic mass is 9.86. The number of benzene rings is 1. The molecular weight excluding hydrogens is 344 g/mol. The van der Waals surface area contributed by atoms with Crippen molar-refractivity contribution in [2.24, 2.45) is 5.92 Å². The van der Waals surface area contributed by atoms with Gasteiger partial charge in [0.25, 0.3) is 0 Å². The van der Waals surface area contributed by atoms with Crippen molar-refractivity contribution in [3.63, 3.8) is 0 Å². The Hall–Kier alpha value is -3.42. The maximum absolute atomic E-state index is 13.3. The van der Waals surface area contributed by atoms with E-state index in [-0.39, 0.29) is 18.0 Å². The predicted molar refractivity (Wildman–Crippen MR) is 101 cm³/mol. The van der Waals surface area contributed by atoms with Crippen LogP contribution in [0, 0.1) is 5.92 Å². The van der Waals surface area contributed by atoms with Crippen molar-refractivity contribution >= 4 is 17.5 Å². The predicted octanol–water partition coefficient (Wildman–Crippen LogP) is 2.34. The molecular formula is C19H20N6O2. The third kappa shape index (κ3) is 3.10. The van der Waals surface area contributed by atoms with Crippen molar-refractivity contribution < 1.29 is 9.53 Å². The molecule has 27 heavy (non-hydrogen) atoms. The second-order valence-electron chi connectivity index (χ2n) is 6.41. The van der Waals surface area contributed by atoms with Gasteiger partial charge in [0.05, 0.1) is 24.8 Å². The third-order valence-electron chi connectivity index (χ3n) is 4.77. The van der Waals surface area contributed by atoms with Crippen molar-refractivity contribution in [1.29, 1.82) is 0 Å². The van der Waals surface area contributed by atoms with Crippen LogP contribution in [0.5, 0.6) is 5.75 Å². The van der Waals surface area contributed by atoms with Gasteiger partial charge in [0.1, 0.15) is 12.1 Å². The van der Waals surface area contributed by atoms with Crippen LogP contribution in [0.2, 0.25) is 0 Å². The smallest absolute Gasteiger partial charge is 0.232 e. The molecule has 0 radical (unpaired) electrons. The third-order valence-corrected chi connectivity index (χ3v) is 4.77. The van der Waals surface area contributed by atoms with E-state index in [0.29, 0.717) is 17.4 Å². The minimum atomic E-state index is -0.423. The zero-order valence-corrected chi connectivity index (χ0v) is 15.0. The maximum atomic E-state index is 13.3. The number of fused-ring (bicyclic) bond motifs is 1. The minimum absolute atomic E-state index is 0.130. The van der Waals surface area contributed by atoms with E-state index in [1.807, 2.05) is 43.3 Å². The van der Waals surface area contributed by atoms with Gasteiger partial charge in [-0.1, -0.05) is 18.2 Å².